The van der Waals surface area contributed by atoms with Gasteiger partial charge in [0.05, 0.1) is 0 Å². The minimum Gasteiger partial charge on any atom is -0.355 e. The van der Waals surface area contributed by atoms with Gasteiger partial charge in [0.2, 0.25) is 0 Å². The van der Waals surface area contributed by atoms with Crippen molar-refractivity contribution in [3.8, 4) is 0 Å². The lowest BCUT2D eigenvalue weighted by atomic mass is 9.99. The van der Waals surface area contributed by atoms with Crippen molar-refractivity contribution in [2.24, 2.45) is 5.92 Å². The topological polar surface area (TPSA) is 61.0 Å². The standard InChI is InChI=1S/C11H18N4O/c1-15(8-9-3-2-4-12-7-9)10-11(16)14-6-5-13-10/h5-6,9,12H,2-4,7-8H2,1H3,(H,14,16). The van der Waals surface area contributed by atoms with Crippen LogP contribution in [0, 0.1) is 5.92 Å². The van der Waals surface area contributed by atoms with Crippen LogP contribution in [0.15, 0.2) is 17.2 Å². The van der Waals surface area contributed by atoms with Crippen LogP contribution in [0.5, 0.6) is 0 Å². The molecule has 1 aromatic rings. The maximum absolute atomic E-state index is 11.5. The summed E-state index contributed by atoms with van der Waals surface area (Å²) in [5.74, 6) is 1.12. The van der Waals surface area contributed by atoms with Crippen molar-refractivity contribution in [2.45, 2.75) is 12.8 Å². The third-order valence-electron chi connectivity index (χ3n) is 2.98. The van der Waals surface area contributed by atoms with Gasteiger partial charge in [0.15, 0.2) is 5.82 Å². The lowest BCUT2D eigenvalue weighted by Crippen LogP contribution is -2.38. The number of aromatic nitrogens is 2. The predicted octanol–water partition coefficient (Wildman–Crippen LogP) is 0.206. The van der Waals surface area contributed by atoms with E-state index in [9.17, 15) is 4.79 Å². The molecule has 16 heavy (non-hydrogen) atoms. The summed E-state index contributed by atoms with van der Waals surface area (Å²) in [5, 5.41) is 3.37. The van der Waals surface area contributed by atoms with Crippen LogP contribution >= 0.6 is 0 Å². The van der Waals surface area contributed by atoms with E-state index in [1.165, 1.54) is 12.8 Å². The lowest BCUT2D eigenvalue weighted by Gasteiger charge is -2.27. The zero-order valence-corrected chi connectivity index (χ0v) is 9.57. The van der Waals surface area contributed by atoms with Gasteiger partial charge in [-0.25, -0.2) is 4.98 Å². The summed E-state index contributed by atoms with van der Waals surface area (Å²) in [7, 11) is 1.92. The summed E-state index contributed by atoms with van der Waals surface area (Å²) in [6, 6.07) is 0. The number of anilines is 1. The first-order valence-corrected chi connectivity index (χ1v) is 5.73. The van der Waals surface area contributed by atoms with Gasteiger partial charge in [-0.3, -0.25) is 4.79 Å². The summed E-state index contributed by atoms with van der Waals surface area (Å²) in [4.78, 5) is 20.2. The fourth-order valence-electron chi connectivity index (χ4n) is 2.17. The molecular formula is C11H18N4O. The molecule has 1 unspecified atom stereocenters. The summed E-state index contributed by atoms with van der Waals surface area (Å²) in [5.41, 5.74) is -0.117. The Kier molecular flexibility index (Phi) is 3.56. The second-order valence-corrected chi connectivity index (χ2v) is 4.33. The Morgan fingerprint density at radius 3 is 3.19 bits per heavy atom. The van der Waals surface area contributed by atoms with Crippen molar-refractivity contribution in [1.82, 2.24) is 15.3 Å². The molecule has 0 spiro atoms. The van der Waals surface area contributed by atoms with Crippen LogP contribution in [0.25, 0.3) is 0 Å². The molecule has 1 fully saturated rings. The highest BCUT2D eigenvalue weighted by Crippen LogP contribution is 2.12. The Morgan fingerprint density at radius 2 is 2.50 bits per heavy atom. The molecule has 5 heteroatoms. The van der Waals surface area contributed by atoms with Crippen molar-refractivity contribution in [1.29, 1.82) is 0 Å². The molecule has 0 bridgehead atoms. The average Bonchev–Trinajstić information content (AvgIpc) is 2.31. The minimum atomic E-state index is -0.117. The molecule has 0 aromatic carbocycles. The summed E-state index contributed by atoms with van der Waals surface area (Å²) >= 11 is 0. The maximum atomic E-state index is 11.5. The number of hydrogen-bond donors (Lipinski definition) is 2. The SMILES string of the molecule is CN(CC1CCCNC1)c1ncc[nH]c1=O. The highest BCUT2D eigenvalue weighted by molar-refractivity contribution is 5.33. The third kappa shape index (κ3) is 2.61. The van der Waals surface area contributed by atoms with Gasteiger partial charge in [-0.05, 0) is 31.8 Å². The molecule has 0 radical (unpaired) electrons. The van der Waals surface area contributed by atoms with E-state index < -0.39 is 0 Å². The number of piperidine rings is 1. The molecule has 1 aromatic heterocycles. The highest BCUT2D eigenvalue weighted by atomic mass is 16.1. The molecule has 1 aliphatic heterocycles. The number of hydrogen-bond acceptors (Lipinski definition) is 4. The van der Waals surface area contributed by atoms with E-state index in [0.717, 1.165) is 19.6 Å². The number of nitrogens with zero attached hydrogens (tertiary/aromatic N) is 2. The molecule has 0 amide bonds. The summed E-state index contributed by atoms with van der Waals surface area (Å²) in [6.07, 6.45) is 5.62. The molecule has 1 saturated heterocycles. The maximum Gasteiger partial charge on any atom is 0.290 e. The van der Waals surface area contributed by atoms with Crippen LogP contribution < -0.4 is 15.8 Å². The number of H-pyrrole nitrogens is 1. The first kappa shape index (κ1) is 11.1. The van der Waals surface area contributed by atoms with Gasteiger partial charge < -0.3 is 15.2 Å². The molecule has 1 aliphatic rings. The van der Waals surface area contributed by atoms with E-state index in [4.69, 9.17) is 0 Å². The molecular weight excluding hydrogens is 204 g/mol. The van der Waals surface area contributed by atoms with Crippen molar-refractivity contribution in [3.63, 3.8) is 0 Å². The number of nitrogens with one attached hydrogen (secondary N) is 2. The van der Waals surface area contributed by atoms with Gasteiger partial charge in [0.25, 0.3) is 5.56 Å². The van der Waals surface area contributed by atoms with Crippen LogP contribution in [-0.4, -0.2) is 36.6 Å². The first-order chi connectivity index (χ1) is 7.77. The van der Waals surface area contributed by atoms with Crippen molar-refractivity contribution >= 4 is 5.82 Å². The van der Waals surface area contributed by atoms with Gasteiger partial charge in [0.1, 0.15) is 0 Å². The average molecular weight is 222 g/mol. The Balaban J connectivity index is 1.99. The summed E-state index contributed by atoms with van der Waals surface area (Å²) < 4.78 is 0. The zero-order valence-electron chi connectivity index (χ0n) is 9.57. The van der Waals surface area contributed by atoms with E-state index in [2.05, 4.69) is 15.3 Å². The molecule has 2 heterocycles. The molecule has 1 atom stereocenters. The number of rotatable bonds is 3. The Bertz CT molecular complexity index is 384. The fourth-order valence-corrected chi connectivity index (χ4v) is 2.17. The van der Waals surface area contributed by atoms with Crippen LogP contribution in [0.2, 0.25) is 0 Å². The molecule has 2 N–H and O–H groups in total. The van der Waals surface area contributed by atoms with E-state index in [1.807, 2.05) is 11.9 Å². The number of aromatic amines is 1. The molecule has 88 valence electrons. The van der Waals surface area contributed by atoms with Crippen LogP contribution in [0.3, 0.4) is 0 Å². The second kappa shape index (κ2) is 5.12. The highest BCUT2D eigenvalue weighted by Gasteiger charge is 2.16. The van der Waals surface area contributed by atoms with Crippen molar-refractivity contribution in [2.75, 3.05) is 31.6 Å². The Labute approximate surface area is 94.9 Å². The van der Waals surface area contributed by atoms with E-state index in [-0.39, 0.29) is 5.56 Å². The first-order valence-electron chi connectivity index (χ1n) is 5.73. The quantitative estimate of drug-likeness (QED) is 0.767. The fraction of sp³-hybridized carbons (Fsp3) is 0.636. The zero-order chi connectivity index (χ0) is 11.4. The predicted molar refractivity (Wildman–Crippen MR) is 63.7 cm³/mol. The van der Waals surface area contributed by atoms with Crippen LogP contribution in [0.1, 0.15) is 12.8 Å². The Morgan fingerprint density at radius 1 is 1.62 bits per heavy atom. The van der Waals surface area contributed by atoms with Gasteiger partial charge in [0, 0.05) is 26.0 Å². The summed E-state index contributed by atoms with van der Waals surface area (Å²) in [6.45, 7) is 3.03. The molecule has 0 saturated carbocycles. The van der Waals surface area contributed by atoms with Gasteiger partial charge in [-0.1, -0.05) is 0 Å². The normalized spacial score (nSPS) is 20.7. The van der Waals surface area contributed by atoms with Gasteiger partial charge in [-0.2, -0.15) is 0 Å². The third-order valence-corrected chi connectivity index (χ3v) is 2.98. The molecule has 5 nitrogen and oxygen atoms in total. The van der Waals surface area contributed by atoms with Crippen LogP contribution in [-0.2, 0) is 0 Å². The Hall–Kier alpha value is -1.36. The minimum absolute atomic E-state index is 0.117. The van der Waals surface area contributed by atoms with E-state index >= 15 is 0 Å². The van der Waals surface area contributed by atoms with Crippen molar-refractivity contribution in [3.05, 3.63) is 22.7 Å². The molecule has 2 rings (SSSR count). The lowest BCUT2D eigenvalue weighted by molar-refractivity contribution is 0.380. The molecule has 0 aliphatic carbocycles. The largest absolute Gasteiger partial charge is 0.355 e. The van der Waals surface area contributed by atoms with Gasteiger partial charge >= 0.3 is 0 Å². The second-order valence-electron chi connectivity index (χ2n) is 4.33. The van der Waals surface area contributed by atoms with Crippen LogP contribution in [0.4, 0.5) is 5.82 Å². The monoisotopic (exact) mass is 222 g/mol. The van der Waals surface area contributed by atoms with Gasteiger partial charge in [-0.15, -0.1) is 0 Å². The van der Waals surface area contributed by atoms with Crippen molar-refractivity contribution < 1.29 is 0 Å². The van der Waals surface area contributed by atoms with E-state index in [0.29, 0.717) is 11.7 Å². The van der Waals surface area contributed by atoms with E-state index in [1.54, 1.807) is 12.4 Å². The smallest absolute Gasteiger partial charge is 0.290 e.